The van der Waals surface area contributed by atoms with Gasteiger partial charge in [0, 0.05) is 6.92 Å². The first-order valence-electron chi connectivity index (χ1n) is 4.46. The summed E-state index contributed by atoms with van der Waals surface area (Å²) in [5.41, 5.74) is 0.261. The number of hydrogen-bond acceptors (Lipinski definition) is 2. The quantitative estimate of drug-likeness (QED) is 0.720. The van der Waals surface area contributed by atoms with Crippen LogP contribution in [0.5, 0.6) is 5.75 Å². The largest absolute Gasteiger partial charge is 0.497 e. The highest BCUT2D eigenvalue weighted by Crippen LogP contribution is 2.32. The van der Waals surface area contributed by atoms with Crippen LogP contribution < -0.4 is 4.74 Å². The standard InChI is InChI=1S/C11H12F2O2/c1-11(12,13)10(7-14)8-4-3-5-9(6-8)15-2/h3-7,10H,1-2H3. The van der Waals surface area contributed by atoms with Gasteiger partial charge in [-0.1, -0.05) is 12.1 Å². The van der Waals surface area contributed by atoms with Crippen LogP contribution in [0, 0.1) is 0 Å². The maximum Gasteiger partial charge on any atom is 0.258 e. The zero-order chi connectivity index (χ0) is 11.5. The van der Waals surface area contributed by atoms with Gasteiger partial charge in [0.2, 0.25) is 0 Å². The minimum absolute atomic E-state index is 0.259. The van der Waals surface area contributed by atoms with Crippen molar-refractivity contribution >= 4 is 6.29 Å². The summed E-state index contributed by atoms with van der Waals surface area (Å²) in [4.78, 5) is 10.6. The van der Waals surface area contributed by atoms with Crippen molar-refractivity contribution in [1.82, 2.24) is 0 Å². The van der Waals surface area contributed by atoms with E-state index in [1.807, 2.05) is 0 Å². The van der Waals surface area contributed by atoms with Crippen molar-refractivity contribution in [1.29, 1.82) is 0 Å². The summed E-state index contributed by atoms with van der Waals surface area (Å²) in [5.74, 6) is -4.02. The van der Waals surface area contributed by atoms with Crippen LogP contribution in [-0.4, -0.2) is 19.3 Å². The Kier molecular flexibility index (Phi) is 3.39. The Morgan fingerprint density at radius 2 is 2.13 bits per heavy atom. The van der Waals surface area contributed by atoms with Crippen LogP contribution in [0.2, 0.25) is 0 Å². The molecule has 0 aliphatic rings. The molecule has 4 heteroatoms. The number of ether oxygens (including phenoxy) is 1. The first kappa shape index (κ1) is 11.6. The van der Waals surface area contributed by atoms with Gasteiger partial charge in [0.05, 0.1) is 7.11 Å². The van der Waals surface area contributed by atoms with Crippen molar-refractivity contribution in [3.05, 3.63) is 29.8 Å². The highest BCUT2D eigenvalue weighted by molar-refractivity contribution is 5.64. The van der Waals surface area contributed by atoms with Gasteiger partial charge in [-0.3, -0.25) is 0 Å². The van der Waals surface area contributed by atoms with Gasteiger partial charge in [0.1, 0.15) is 18.0 Å². The minimum Gasteiger partial charge on any atom is -0.497 e. The lowest BCUT2D eigenvalue weighted by Gasteiger charge is -2.18. The van der Waals surface area contributed by atoms with E-state index < -0.39 is 11.8 Å². The van der Waals surface area contributed by atoms with Crippen LogP contribution in [0.1, 0.15) is 18.4 Å². The number of aldehydes is 1. The fourth-order valence-electron chi connectivity index (χ4n) is 1.33. The molecular weight excluding hydrogens is 202 g/mol. The van der Waals surface area contributed by atoms with Crippen LogP contribution >= 0.6 is 0 Å². The Morgan fingerprint density at radius 3 is 2.60 bits per heavy atom. The van der Waals surface area contributed by atoms with Gasteiger partial charge in [0.25, 0.3) is 5.92 Å². The summed E-state index contributed by atoms with van der Waals surface area (Å²) < 4.78 is 31.0. The van der Waals surface area contributed by atoms with Crippen molar-refractivity contribution in [3.63, 3.8) is 0 Å². The molecule has 0 bridgehead atoms. The zero-order valence-electron chi connectivity index (χ0n) is 8.54. The number of benzene rings is 1. The number of carbonyl (C=O) groups excluding carboxylic acids is 1. The van der Waals surface area contributed by atoms with Crippen LogP contribution in [0.3, 0.4) is 0 Å². The lowest BCUT2D eigenvalue weighted by Crippen LogP contribution is -2.23. The third-order valence-electron chi connectivity index (χ3n) is 2.14. The van der Waals surface area contributed by atoms with Crippen LogP contribution in [0.15, 0.2) is 24.3 Å². The third-order valence-corrected chi connectivity index (χ3v) is 2.14. The Morgan fingerprint density at radius 1 is 1.47 bits per heavy atom. The van der Waals surface area contributed by atoms with E-state index in [-0.39, 0.29) is 11.8 Å². The number of methoxy groups -OCH3 is 1. The van der Waals surface area contributed by atoms with Gasteiger partial charge in [-0.15, -0.1) is 0 Å². The zero-order valence-corrected chi connectivity index (χ0v) is 8.54. The maximum atomic E-state index is 13.0. The molecule has 1 aromatic carbocycles. The third kappa shape index (κ3) is 2.75. The van der Waals surface area contributed by atoms with E-state index in [1.165, 1.54) is 19.2 Å². The molecule has 0 saturated heterocycles. The van der Waals surface area contributed by atoms with E-state index in [2.05, 4.69) is 0 Å². The molecular formula is C11H12F2O2. The number of rotatable bonds is 4. The fourth-order valence-corrected chi connectivity index (χ4v) is 1.33. The first-order chi connectivity index (χ1) is 6.99. The summed E-state index contributed by atoms with van der Waals surface area (Å²) in [7, 11) is 1.44. The molecule has 0 heterocycles. The average molecular weight is 214 g/mol. The second-order valence-corrected chi connectivity index (χ2v) is 3.35. The molecule has 0 radical (unpaired) electrons. The van der Waals surface area contributed by atoms with Gasteiger partial charge in [0.15, 0.2) is 0 Å². The SMILES string of the molecule is COc1cccc(C(C=O)C(C)(F)F)c1. The number of alkyl halides is 2. The molecule has 1 rings (SSSR count). The van der Waals surface area contributed by atoms with E-state index in [0.717, 1.165) is 6.92 Å². The summed E-state index contributed by atoms with van der Waals surface area (Å²) in [6, 6.07) is 6.14. The Balaban J connectivity index is 3.07. The average Bonchev–Trinajstić information content (AvgIpc) is 2.17. The van der Waals surface area contributed by atoms with Crippen molar-refractivity contribution in [2.45, 2.75) is 18.8 Å². The molecule has 0 aromatic heterocycles. The monoisotopic (exact) mass is 214 g/mol. The molecule has 0 fully saturated rings. The second kappa shape index (κ2) is 4.38. The van der Waals surface area contributed by atoms with E-state index >= 15 is 0 Å². The Labute approximate surface area is 86.9 Å². The summed E-state index contributed by atoms with van der Waals surface area (Å²) in [6.07, 6.45) is 0.259. The van der Waals surface area contributed by atoms with Crippen LogP contribution in [-0.2, 0) is 4.79 Å². The normalized spacial score (nSPS) is 13.3. The minimum atomic E-state index is -3.06. The van der Waals surface area contributed by atoms with E-state index in [9.17, 15) is 13.6 Å². The first-order valence-corrected chi connectivity index (χ1v) is 4.46. The summed E-state index contributed by atoms with van der Waals surface area (Å²) >= 11 is 0. The number of halogens is 2. The highest BCUT2D eigenvalue weighted by Gasteiger charge is 2.35. The van der Waals surface area contributed by atoms with Crippen molar-refractivity contribution in [2.24, 2.45) is 0 Å². The Hall–Kier alpha value is -1.45. The van der Waals surface area contributed by atoms with Gasteiger partial charge in [-0.2, -0.15) is 0 Å². The smallest absolute Gasteiger partial charge is 0.258 e. The molecule has 82 valence electrons. The molecule has 2 nitrogen and oxygen atoms in total. The fraction of sp³-hybridized carbons (Fsp3) is 0.364. The number of hydrogen-bond donors (Lipinski definition) is 0. The Bertz CT molecular complexity index is 345. The predicted molar refractivity (Wildman–Crippen MR) is 52.4 cm³/mol. The summed E-state index contributed by atoms with van der Waals surface area (Å²) in [5, 5.41) is 0. The van der Waals surface area contributed by atoms with Gasteiger partial charge in [-0.25, -0.2) is 8.78 Å². The molecule has 1 unspecified atom stereocenters. The van der Waals surface area contributed by atoms with Crippen LogP contribution in [0.25, 0.3) is 0 Å². The molecule has 0 N–H and O–H groups in total. The lowest BCUT2D eigenvalue weighted by atomic mass is 9.95. The molecule has 0 aliphatic carbocycles. The lowest BCUT2D eigenvalue weighted by molar-refractivity contribution is -0.116. The van der Waals surface area contributed by atoms with Gasteiger partial charge in [-0.05, 0) is 17.7 Å². The van der Waals surface area contributed by atoms with E-state index in [1.54, 1.807) is 12.1 Å². The summed E-state index contributed by atoms with van der Waals surface area (Å²) in [6.45, 7) is 0.728. The molecule has 15 heavy (non-hydrogen) atoms. The number of carbonyl (C=O) groups is 1. The van der Waals surface area contributed by atoms with Gasteiger partial charge >= 0.3 is 0 Å². The highest BCUT2D eigenvalue weighted by atomic mass is 19.3. The molecule has 1 atom stereocenters. The molecule has 1 aromatic rings. The molecule has 0 spiro atoms. The second-order valence-electron chi connectivity index (χ2n) is 3.35. The topological polar surface area (TPSA) is 26.3 Å². The van der Waals surface area contributed by atoms with Gasteiger partial charge < -0.3 is 9.53 Å². The predicted octanol–water partition coefficient (Wildman–Crippen LogP) is 2.63. The molecule has 0 aliphatic heterocycles. The molecule has 0 saturated carbocycles. The van der Waals surface area contributed by atoms with E-state index in [4.69, 9.17) is 4.74 Å². The maximum absolute atomic E-state index is 13.0. The van der Waals surface area contributed by atoms with E-state index in [0.29, 0.717) is 5.75 Å². The van der Waals surface area contributed by atoms with Crippen molar-refractivity contribution < 1.29 is 18.3 Å². The van der Waals surface area contributed by atoms with Crippen molar-refractivity contribution in [3.8, 4) is 5.75 Å². The molecule has 0 amide bonds. The van der Waals surface area contributed by atoms with Crippen molar-refractivity contribution in [2.75, 3.05) is 7.11 Å². The van der Waals surface area contributed by atoms with Crippen LogP contribution in [0.4, 0.5) is 8.78 Å².